The summed E-state index contributed by atoms with van der Waals surface area (Å²) in [7, 11) is 0. The first-order valence-corrected chi connectivity index (χ1v) is 12.0. The Hall–Kier alpha value is -3.78. The Morgan fingerprint density at radius 1 is 1.24 bits per heavy atom. The highest BCUT2D eigenvalue weighted by Crippen LogP contribution is 2.35. The number of carbonyl (C=O) groups is 1. The Morgan fingerprint density at radius 3 is 2.91 bits per heavy atom. The average Bonchev–Trinajstić information content (AvgIpc) is 3.20. The maximum atomic E-state index is 13.1. The molecule has 1 amide bonds. The zero-order valence-electron chi connectivity index (χ0n) is 18.7. The molecule has 172 valence electrons. The fraction of sp³-hybridized carbons (Fsp3) is 0.231. The van der Waals surface area contributed by atoms with E-state index in [4.69, 9.17) is 4.74 Å². The molecule has 0 radical (unpaired) electrons. The summed E-state index contributed by atoms with van der Waals surface area (Å²) in [5.74, 6) is 1.63. The monoisotopic (exact) mass is 472 g/mol. The normalized spacial score (nSPS) is 15.4. The van der Waals surface area contributed by atoms with Gasteiger partial charge in [0.1, 0.15) is 22.9 Å². The minimum atomic E-state index is -0.395. The zero-order valence-corrected chi connectivity index (χ0v) is 19.5. The number of aromatic nitrogens is 2. The molecule has 4 aromatic rings. The molecule has 2 aromatic carbocycles. The number of nitrogens with zero attached hydrogens (tertiary/aromatic N) is 3. The maximum Gasteiger partial charge on any atom is 0.262 e. The first kappa shape index (κ1) is 22.0. The minimum Gasteiger partial charge on any atom is -0.457 e. The molecule has 34 heavy (non-hydrogen) atoms. The highest BCUT2D eigenvalue weighted by atomic mass is 32.1. The summed E-state index contributed by atoms with van der Waals surface area (Å²) < 4.78 is 7.17. The van der Waals surface area contributed by atoms with Gasteiger partial charge in [-0.2, -0.15) is 5.10 Å². The standard InChI is InChI=1S/C26H24N4O3S/c1-17-10-11-21-22(12-17)34-25-24(21)26(32)30(16-27-25)15-23(31)29-28-14-18-6-5-9-20(13-18)33-19-7-3-2-4-8-19/h2-9,13-14,16-17H,10-12,15H2,1H3,(H,29,31)/b28-14-/t17-/m1/s1. The molecule has 0 bridgehead atoms. The molecule has 7 nitrogen and oxygen atoms in total. The molecular weight excluding hydrogens is 448 g/mol. The van der Waals surface area contributed by atoms with Crippen molar-refractivity contribution in [2.75, 3.05) is 0 Å². The molecule has 0 spiro atoms. The highest BCUT2D eigenvalue weighted by Gasteiger charge is 2.23. The molecule has 5 rings (SSSR count). The van der Waals surface area contributed by atoms with E-state index in [1.165, 1.54) is 22.0 Å². The highest BCUT2D eigenvalue weighted by molar-refractivity contribution is 7.18. The number of amides is 1. The third kappa shape index (κ3) is 4.77. The van der Waals surface area contributed by atoms with Crippen LogP contribution in [0.3, 0.4) is 0 Å². The number of fused-ring (bicyclic) bond motifs is 3. The fourth-order valence-corrected chi connectivity index (χ4v) is 5.47. The van der Waals surface area contributed by atoms with Gasteiger partial charge in [-0.3, -0.25) is 14.2 Å². The van der Waals surface area contributed by atoms with Gasteiger partial charge in [0.2, 0.25) is 0 Å². The van der Waals surface area contributed by atoms with Crippen LogP contribution in [0.2, 0.25) is 0 Å². The first-order valence-electron chi connectivity index (χ1n) is 11.2. The zero-order chi connectivity index (χ0) is 23.5. The van der Waals surface area contributed by atoms with E-state index >= 15 is 0 Å². The number of benzene rings is 2. The van der Waals surface area contributed by atoms with Crippen molar-refractivity contribution >= 4 is 33.7 Å². The number of para-hydroxylation sites is 1. The van der Waals surface area contributed by atoms with Crippen molar-refractivity contribution < 1.29 is 9.53 Å². The van der Waals surface area contributed by atoms with Crippen molar-refractivity contribution in [2.45, 2.75) is 32.7 Å². The van der Waals surface area contributed by atoms with Gasteiger partial charge in [-0.15, -0.1) is 11.3 Å². The van der Waals surface area contributed by atoms with E-state index in [2.05, 4.69) is 22.4 Å². The minimum absolute atomic E-state index is 0.142. The Bertz CT molecular complexity index is 1430. The van der Waals surface area contributed by atoms with Crippen molar-refractivity contribution in [1.82, 2.24) is 15.0 Å². The topological polar surface area (TPSA) is 85.6 Å². The molecular formula is C26H24N4O3S. The van der Waals surface area contributed by atoms with Gasteiger partial charge in [0, 0.05) is 4.88 Å². The van der Waals surface area contributed by atoms with E-state index in [1.54, 1.807) is 11.3 Å². The van der Waals surface area contributed by atoms with Gasteiger partial charge in [-0.05, 0) is 60.6 Å². The van der Waals surface area contributed by atoms with Crippen LogP contribution in [0.1, 0.15) is 29.3 Å². The van der Waals surface area contributed by atoms with Crippen LogP contribution >= 0.6 is 11.3 Å². The van der Waals surface area contributed by atoms with E-state index in [1.807, 2.05) is 54.6 Å². The number of hydrogen-bond acceptors (Lipinski definition) is 6. The molecule has 1 aliphatic carbocycles. The van der Waals surface area contributed by atoms with Crippen LogP contribution in [0.5, 0.6) is 11.5 Å². The lowest BCUT2D eigenvalue weighted by atomic mass is 9.89. The molecule has 1 N–H and O–H groups in total. The number of hydrazone groups is 1. The lowest BCUT2D eigenvalue weighted by molar-refractivity contribution is -0.121. The van der Waals surface area contributed by atoms with E-state index in [0.29, 0.717) is 17.1 Å². The lowest BCUT2D eigenvalue weighted by Gasteiger charge is -2.17. The summed E-state index contributed by atoms with van der Waals surface area (Å²) >= 11 is 1.60. The Balaban J connectivity index is 1.25. The Morgan fingerprint density at radius 2 is 2.06 bits per heavy atom. The summed E-state index contributed by atoms with van der Waals surface area (Å²) in [6.07, 6.45) is 5.93. The quantitative estimate of drug-likeness (QED) is 0.330. The molecule has 2 aromatic heterocycles. The Kier molecular flexibility index (Phi) is 6.22. The van der Waals surface area contributed by atoms with E-state index in [-0.39, 0.29) is 12.1 Å². The van der Waals surface area contributed by atoms with E-state index < -0.39 is 5.91 Å². The number of aryl methyl sites for hydroxylation is 1. The van der Waals surface area contributed by atoms with Gasteiger partial charge in [-0.25, -0.2) is 10.4 Å². The van der Waals surface area contributed by atoms with Crippen molar-refractivity contribution in [3.05, 3.63) is 87.3 Å². The van der Waals surface area contributed by atoms with Gasteiger partial charge in [0.25, 0.3) is 11.5 Å². The number of rotatable bonds is 6. The number of hydrogen-bond donors (Lipinski definition) is 1. The van der Waals surface area contributed by atoms with Crippen LogP contribution in [-0.2, 0) is 24.2 Å². The van der Waals surface area contributed by atoms with Crippen molar-refractivity contribution in [2.24, 2.45) is 11.0 Å². The molecule has 0 saturated heterocycles. The fourth-order valence-electron chi connectivity index (χ4n) is 4.13. The van der Waals surface area contributed by atoms with Crippen molar-refractivity contribution in [3.63, 3.8) is 0 Å². The van der Waals surface area contributed by atoms with Gasteiger partial charge in [0.05, 0.1) is 17.9 Å². The summed E-state index contributed by atoms with van der Waals surface area (Å²) in [5.41, 5.74) is 4.21. The van der Waals surface area contributed by atoms with Gasteiger partial charge < -0.3 is 4.74 Å². The van der Waals surface area contributed by atoms with Gasteiger partial charge >= 0.3 is 0 Å². The SMILES string of the molecule is C[C@@H]1CCc2c(sc3ncn(CC(=O)N/N=C\c4cccc(Oc5ccccc5)c4)c(=O)c23)C1. The second kappa shape index (κ2) is 9.61. The molecule has 0 fully saturated rings. The smallest absolute Gasteiger partial charge is 0.262 e. The molecule has 0 saturated carbocycles. The summed E-state index contributed by atoms with van der Waals surface area (Å²) in [5, 5.41) is 4.70. The van der Waals surface area contributed by atoms with Crippen molar-refractivity contribution in [3.8, 4) is 11.5 Å². The predicted molar refractivity (Wildman–Crippen MR) is 134 cm³/mol. The van der Waals surface area contributed by atoms with Crippen LogP contribution in [-0.4, -0.2) is 21.7 Å². The van der Waals surface area contributed by atoms with Gasteiger partial charge in [-0.1, -0.05) is 37.3 Å². The van der Waals surface area contributed by atoms with Gasteiger partial charge in [0.15, 0.2) is 0 Å². The summed E-state index contributed by atoms with van der Waals surface area (Å²) in [4.78, 5) is 32.0. The molecule has 2 heterocycles. The van der Waals surface area contributed by atoms with E-state index in [9.17, 15) is 9.59 Å². The van der Waals surface area contributed by atoms with Crippen molar-refractivity contribution in [1.29, 1.82) is 0 Å². The number of ether oxygens (including phenoxy) is 1. The Labute approximate surface area is 200 Å². The first-order chi connectivity index (χ1) is 16.6. The van der Waals surface area contributed by atoms with Crippen LogP contribution in [0.15, 0.2) is 70.8 Å². The summed E-state index contributed by atoms with van der Waals surface area (Å²) in [6, 6.07) is 16.9. The predicted octanol–water partition coefficient (Wildman–Crippen LogP) is 4.53. The van der Waals surface area contributed by atoms with E-state index in [0.717, 1.165) is 41.0 Å². The maximum absolute atomic E-state index is 13.1. The largest absolute Gasteiger partial charge is 0.457 e. The molecule has 0 aliphatic heterocycles. The molecule has 1 aliphatic rings. The summed E-state index contributed by atoms with van der Waals surface area (Å²) in [6.45, 7) is 2.09. The van der Waals surface area contributed by atoms with Crippen LogP contribution in [0.25, 0.3) is 10.2 Å². The number of carbonyl (C=O) groups excluding carboxylic acids is 1. The van der Waals surface area contributed by atoms with Crippen LogP contribution in [0, 0.1) is 5.92 Å². The number of nitrogens with one attached hydrogen (secondary N) is 1. The number of thiophene rings is 1. The van der Waals surface area contributed by atoms with Crippen LogP contribution < -0.4 is 15.7 Å². The third-order valence-corrected chi connectivity index (χ3v) is 7.00. The second-order valence-corrected chi connectivity index (χ2v) is 9.57. The average molecular weight is 473 g/mol. The molecule has 1 atom stereocenters. The molecule has 8 heteroatoms. The molecule has 0 unspecified atom stereocenters. The third-order valence-electron chi connectivity index (χ3n) is 5.84. The second-order valence-electron chi connectivity index (χ2n) is 8.49. The van der Waals surface area contributed by atoms with Crippen LogP contribution in [0.4, 0.5) is 0 Å². The lowest BCUT2D eigenvalue weighted by Crippen LogP contribution is -2.30.